The molecular weight excluding hydrogens is 573 g/mol. The van der Waals surface area contributed by atoms with Crippen LogP contribution < -0.4 is 5.32 Å². The lowest BCUT2D eigenvalue weighted by atomic mass is 9.95. The van der Waals surface area contributed by atoms with Gasteiger partial charge in [0.05, 0.1) is 38.2 Å². The first-order valence-electron chi connectivity index (χ1n) is 13.3. The molecule has 1 unspecified atom stereocenters. The molecule has 3 N–H and O–H groups in total. The fraction of sp³-hybridized carbons (Fsp3) is 0.207. The van der Waals surface area contributed by atoms with Gasteiger partial charge < -0.3 is 10.8 Å². The van der Waals surface area contributed by atoms with Crippen molar-refractivity contribution in [3.63, 3.8) is 0 Å². The number of piperidine rings is 1. The Hall–Kier alpha value is -4.30. The van der Waals surface area contributed by atoms with Gasteiger partial charge in [0.15, 0.2) is 5.65 Å². The van der Waals surface area contributed by atoms with Crippen LogP contribution in [-0.4, -0.2) is 62.3 Å². The maximum Gasteiger partial charge on any atom is 0.262 e. The number of aromatic nitrogens is 6. The van der Waals surface area contributed by atoms with Gasteiger partial charge in [0.2, 0.25) is 0 Å². The molecule has 1 fully saturated rings. The predicted octanol–water partition coefficient (Wildman–Crippen LogP) is 4.16. The number of fused-ring (bicyclic) bond motifs is 2. The summed E-state index contributed by atoms with van der Waals surface area (Å²) in [6.45, 7) is 3.41. The molecule has 7 rings (SSSR count). The molecular formula is C29H28N8O3S2. The second-order valence-electron chi connectivity index (χ2n) is 10.0. The Balaban J connectivity index is 0.00000316. The van der Waals surface area contributed by atoms with E-state index in [1.807, 2.05) is 65.3 Å². The maximum absolute atomic E-state index is 13.3. The highest BCUT2D eigenvalue weighted by Crippen LogP contribution is 2.32. The SMILES string of the molecule is Cc1ccc(-n2nc(C3CCN(S(=O)c4ccc5ncsc5c4)CC3)cc2NC(=O)c2cnn3cccnc23)cc1.O. The number of anilines is 1. The number of hydrogen-bond acceptors (Lipinski definition) is 7. The molecule has 2 aromatic carbocycles. The monoisotopic (exact) mass is 600 g/mol. The van der Waals surface area contributed by atoms with Gasteiger partial charge in [0.25, 0.3) is 5.91 Å². The van der Waals surface area contributed by atoms with Gasteiger partial charge in [0.1, 0.15) is 22.4 Å². The third kappa shape index (κ3) is 5.23. The highest BCUT2D eigenvalue weighted by molar-refractivity contribution is 7.82. The van der Waals surface area contributed by atoms with Crippen molar-refractivity contribution in [1.29, 1.82) is 0 Å². The number of nitrogens with zero attached hydrogens (tertiary/aromatic N) is 7. The number of benzene rings is 2. The molecule has 1 amide bonds. The Morgan fingerprint density at radius 3 is 2.69 bits per heavy atom. The summed E-state index contributed by atoms with van der Waals surface area (Å²) in [6.07, 6.45) is 6.54. The van der Waals surface area contributed by atoms with Crippen LogP contribution in [0.15, 0.2) is 83.6 Å². The minimum absolute atomic E-state index is 0. The normalized spacial score (nSPS) is 15.1. The fourth-order valence-corrected chi connectivity index (χ4v) is 7.19. The van der Waals surface area contributed by atoms with Gasteiger partial charge >= 0.3 is 0 Å². The highest BCUT2D eigenvalue weighted by atomic mass is 32.2. The number of carbonyl (C=O) groups is 1. The summed E-state index contributed by atoms with van der Waals surface area (Å²) in [5.74, 6) is 0.447. The zero-order valence-electron chi connectivity index (χ0n) is 22.7. The van der Waals surface area contributed by atoms with Gasteiger partial charge in [-0.25, -0.2) is 27.7 Å². The van der Waals surface area contributed by atoms with Crippen molar-refractivity contribution in [2.45, 2.75) is 30.6 Å². The molecule has 1 saturated heterocycles. The third-order valence-corrected chi connectivity index (χ3v) is 9.67. The molecule has 1 aliphatic heterocycles. The summed E-state index contributed by atoms with van der Waals surface area (Å²) < 4.78 is 19.8. The Bertz CT molecular complexity index is 1910. The molecule has 0 aliphatic carbocycles. The summed E-state index contributed by atoms with van der Waals surface area (Å²) in [4.78, 5) is 22.8. The van der Waals surface area contributed by atoms with E-state index >= 15 is 0 Å². The second-order valence-corrected chi connectivity index (χ2v) is 12.4. The van der Waals surface area contributed by atoms with Crippen molar-refractivity contribution in [3.05, 3.63) is 95.5 Å². The topological polar surface area (TPSA) is 142 Å². The van der Waals surface area contributed by atoms with Crippen LogP contribution in [0, 0.1) is 6.92 Å². The van der Waals surface area contributed by atoms with Crippen LogP contribution in [0.5, 0.6) is 0 Å². The molecule has 0 bridgehead atoms. The lowest BCUT2D eigenvalue weighted by molar-refractivity contribution is 0.102. The summed E-state index contributed by atoms with van der Waals surface area (Å²) in [5.41, 5.74) is 6.50. The molecule has 0 radical (unpaired) electrons. The molecule has 4 aromatic heterocycles. The first-order chi connectivity index (χ1) is 20.0. The second kappa shape index (κ2) is 11.5. The molecule has 1 aliphatic rings. The van der Waals surface area contributed by atoms with Crippen LogP contribution >= 0.6 is 11.3 Å². The number of aryl methyl sites for hydroxylation is 1. The predicted molar refractivity (Wildman–Crippen MR) is 162 cm³/mol. The first-order valence-corrected chi connectivity index (χ1v) is 15.3. The lowest BCUT2D eigenvalue weighted by Crippen LogP contribution is -2.34. The van der Waals surface area contributed by atoms with E-state index in [4.69, 9.17) is 5.10 Å². The van der Waals surface area contributed by atoms with Gasteiger partial charge in [0, 0.05) is 37.5 Å². The van der Waals surface area contributed by atoms with Gasteiger partial charge in [-0.1, -0.05) is 17.7 Å². The van der Waals surface area contributed by atoms with Crippen molar-refractivity contribution in [2.24, 2.45) is 0 Å². The van der Waals surface area contributed by atoms with Crippen LogP contribution in [0.3, 0.4) is 0 Å². The van der Waals surface area contributed by atoms with Crippen molar-refractivity contribution in [2.75, 3.05) is 18.4 Å². The van der Waals surface area contributed by atoms with Crippen LogP contribution in [0.25, 0.3) is 21.6 Å². The van der Waals surface area contributed by atoms with Crippen molar-refractivity contribution in [1.82, 2.24) is 33.7 Å². The van der Waals surface area contributed by atoms with Gasteiger partial charge in [-0.3, -0.25) is 4.79 Å². The van der Waals surface area contributed by atoms with E-state index in [2.05, 4.69) is 20.4 Å². The molecule has 42 heavy (non-hydrogen) atoms. The summed E-state index contributed by atoms with van der Waals surface area (Å²) in [5, 5.41) is 12.2. The summed E-state index contributed by atoms with van der Waals surface area (Å²) in [7, 11) is -1.23. The van der Waals surface area contributed by atoms with Crippen LogP contribution in [0.2, 0.25) is 0 Å². The smallest absolute Gasteiger partial charge is 0.262 e. The number of carbonyl (C=O) groups excluding carboxylic acids is 1. The van der Waals surface area contributed by atoms with E-state index in [0.29, 0.717) is 30.1 Å². The zero-order chi connectivity index (χ0) is 27.9. The van der Waals surface area contributed by atoms with Crippen molar-refractivity contribution < 1.29 is 14.5 Å². The Morgan fingerprint density at radius 1 is 1.07 bits per heavy atom. The quantitative estimate of drug-likeness (QED) is 0.304. The molecule has 0 spiro atoms. The summed E-state index contributed by atoms with van der Waals surface area (Å²) >= 11 is 1.56. The van der Waals surface area contributed by atoms with Crippen LogP contribution in [0.4, 0.5) is 5.82 Å². The number of amides is 1. The van der Waals surface area contributed by atoms with E-state index in [9.17, 15) is 9.00 Å². The standard InChI is InChI=1S/C29H26N8O2S2.H2O/c1-19-3-5-21(6-4-19)37-27(33-29(38)23-17-32-36-12-2-11-30-28(23)36)16-25(34-37)20-9-13-35(14-10-20)41(39)22-7-8-24-26(15-22)40-18-31-24;/h2-8,11-12,15-18,20H,9-10,13-14H2,1H3,(H,33,38);1H2. The third-order valence-electron chi connectivity index (χ3n) is 7.38. The fourth-order valence-electron chi connectivity index (χ4n) is 5.15. The highest BCUT2D eigenvalue weighted by Gasteiger charge is 2.28. The van der Waals surface area contributed by atoms with E-state index in [-0.39, 0.29) is 17.3 Å². The largest absolute Gasteiger partial charge is 0.412 e. The van der Waals surface area contributed by atoms with E-state index in [0.717, 1.165) is 44.9 Å². The minimum Gasteiger partial charge on any atom is -0.412 e. The molecule has 214 valence electrons. The van der Waals surface area contributed by atoms with Crippen LogP contribution in [0.1, 0.15) is 40.4 Å². The number of rotatable bonds is 6. The zero-order valence-corrected chi connectivity index (χ0v) is 24.3. The lowest BCUT2D eigenvalue weighted by Gasteiger charge is -2.30. The van der Waals surface area contributed by atoms with Crippen molar-refractivity contribution in [3.8, 4) is 5.69 Å². The van der Waals surface area contributed by atoms with Crippen molar-refractivity contribution >= 4 is 49.9 Å². The van der Waals surface area contributed by atoms with Gasteiger partial charge in [-0.15, -0.1) is 11.3 Å². The Morgan fingerprint density at radius 2 is 1.88 bits per heavy atom. The molecule has 6 aromatic rings. The number of hydrogen-bond donors (Lipinski definition) is 1. The Labute approximate surface area is 247 Å². The van der Waals surface area contributed by atoms with Gasteiger partial charge in [-0.05, 0) is 56.2 Å². The Kier molecular flexibility index (Phi) is 7.64. The van der Waals surface area contributed by atoms with E-state index < -0.39 is 11.0 Å². The van der Waals surface area contributed by atoms with Crippen LogP contribution in [-0.2, 0) is 11.0 Å². The minimum atomic E-state index is -1.23. The molecule has 11 nitrogen and oxygen atoms in total. The number of nitrogens with one attached hydrogen (secondary N) is 1. The number of thiazole rings is 1. The summed E-state index contributed by atoms with van der Waals surface area (Å²) in [6, 6.07) is 17.6. The average molecular weight is 601 g/mol. The molecule has 0 saturated carbocycles. The maximum atomic E-state index is 13.3. The first kappa shape index (κ1) is 27.8. The average Bonchev–Trinajstić information content (AvgIpc) is 3.75. The van der Waals surface area contributed by atoms with Gasteiger partial charge in [-0.2, -0.15) is 10.2 Å². The van der Waals surface area contributed by atoms with E-state index in [1.165, 1.54) is 6.20 Å². The molecule has 1 atom stereocenters. The van der Waals surface area contributed by atoms with E-state index in [1.54, 1.807) is 39.0 Å². The molecule has 5 heterocycles. The molecule has 13 heteroatoms.